The van der Waals surface area contributed by atoms with Gasteiger partial charge in [0.05, 0.1) is 6.04 Å². The van der Waals surface area contributed by atoms with Crippen molar-refractivity contribution in [2.24, 2.45) is 11.5 Å². The highest BCUT2D eigenvalue weighted by Gasteiger charge is 2.08. The predicted octanol–water partition coefficient (Wildman–Crippen LogP) is -0.173. The van der Waals surface area contributed by atoms with Crippen LogP contribution in [0, 0.1) is 0 Å². The second-order valence-electron chi connectivity index (χ2n) is 2.87. The van der Waals surface area contributed by atoms with Crippen molar-refractivity contribution in [3.63, 3.8) is 0 Å². The molecule has 70 valence electrons. The van der Waals surface area contributed by atoms with Gasteiger partial charge in [0, 0.05) is 11.9 Å². The molecule has 1 amide bonds. The van der Waals surface area contributed by atoms with Crippen molar-refractivity contribution in [2.75, 3.05) is 0 Å². The Bertz CT molecular complexity index is 273. The van der Waals surface area contributed by atoms with Crippen molar-refractivity contribution in [2.45, 2.75) is 18.9 Å². The number of carbonyl (C=O) groups excluding carboxylic acids is 1. The summed E-state index contributed by atoms with van der Waals surface area (Å²) < 4.78 is 0. The highest BCUT2D eigenvalue weighted by Crippen LogP contribution is 1.99. The SMILES string of the molecule is NC(=O)C(N)CCc1ccccn1. The zero-order valence-corrected chi connectivity index (χ0v) is 7.31. The molecule has 1 aromatic heterocycles. The van der Waals surface area contributed by atoms with Gasteiger partial charge in [-0.15, -0.1) is 0 Å². The first-order valence-corrected chi connectivity index (χ1v) is 4.15. The largest absolute Gasteiger partial charge is 0.368 e. The number of nitrogens with zero attached hydrogens (tertiary/aromatic N) is 1. The van der Waals surface area contributed by atoms with Crippen LogP contribution in [0.1, 0.15) is 12.1 Å². The van der Waals surface area contributed by atoms with Gasteiger partial charge in [-0.2, -0.15) is 0 Å². The Kier molecular flexibility index (Phi) is 3.40. The molecule has 4 N–H and O–H groups in total. The zero-order valence-electron chi connectivity index (χ0n) is 7.31. The van der Waals surface area contributed by atoms with Crippen LogP contribution in [-0.2, 0) is 11.2 Å². The Balaban J connectivity index is 2.39. The molecular weight excluding hydrogens is 166 g/mol. The fraction of sp³-hybridized carbons (Fsp3) is 0.333. The molecule has 0 saturated carbocycles. The van der Waals surface area contributed by atoms with E-state index in [0.29, 0.717) is 12.8 Å². The van der Waals surface area contributed by atoms with Crippen molar-refractivity contribution >= 4 is 5.91 Å². The van der Waals surface area contributed by atoms with Gasteiger partial charge in [0.1, 0.15) is 0 Å². The molecule has 1 heterocycles. The fourth-order valence-corrected chi connectivity index (χ4v) is 0.992. The third kappa shape index (κ3) is 3.21. The van der Waals surface area contributed by atoms with Crippen LogP contribution in [0.25, 0.3) is 0 Å². The van der Waals surface area contributed by atoms with E-state index in [9.17, 15) is 4.79 Å². The number of aromatic nitrogens is 1. The van der Waals surface area contributed by atoms with E-state index in [0.717, 1.165) is 5.69 Å². The van der Waals surface area contributed by atoms with E-state index >= 15 is 0 Å². The lowest BCUT2D eigenvalue weighted by Crippen LogP contribution is -2.36. The Morgan fingerprint density at radius 3 is 2.85 bits per heavy atom. The minimum absolute atomic E-state index is 0.462. The van der Waals surface area contributed by atoms with Crippen LogP contribution in [0.5, 0.6) is 0 Å². The lowest BCUT2D eigenvalue weighted by atomic mass is 10.1. The number of hydrogen-bond acceptors (Lipinski definition) is 3. The maximum atomic E-state index is 10.6. The first-order valence-electron chi connectivity index (χ1n) is 4.15. The van der Waals surface area contributed by atoms with E-state index < -0.39 is 11.9 Å². The molecule has 0 radical (unpaired) electrons. The summed E-state index contributed by atoms with van der Waals surface area (Å²) in [6, 6.07) is 5.07. The van der Waals surface area contributed by atoms with Gasteiger partial charge in [-0.25, -0.2) is 0 Å². The normalized spacial score (nSPS) is 12.4. The molecule has 0 aliphatic heterocycles. The van der Waals surface area contributed by atoms with E-state index in [-0.39, 0.29) is 0 Å². The number of aryl methyl sites for hydroxylation is 1. The molecule has 4 nitrogen and oxygen atoms in total. The summed E-state index contributed by atoms with van der Waals surface area (Å²) in [5, 5.41) is 0. The maximum absolute atomic E-state index is 10.6. The van der Waals surface area contributed by atoms with E-state index in [1.807, 2.05) is 18.2 Å². The summed E-state index contributed by atoms with van der Waals surface area (Å²) in [4.78, 5) is 14.7. The number of amides is 1. The number of hydrogen-bond donors (Lipinski definition) is 2. The van der Waals surface area contributed by atoms with Gasteiger partial charge < -0.3 is 11.5 Å². The average molecular weight is 179 g/mol. The Hall–Kier alpha value is -1.42. The first-order chi connectivity index (χ1) is 6.20. The van der Waals surface area contributed by atoms with Gasteiger partial charge in [0.25, 0.3) is 0 Å². The third-order valence-corrected chi connectivity index (χ3v) is 1.80. The fourth-order valence-electron chi connectivity index (χ4n) is 0.992. The molecule has 0 spiro atoms. The van der Waals surface area contributed by atoms with Gasteiger partial charge in [0.15, 0.2) is 0 Å². The summed E-state index contributed by atoms with van der Waals surface area (Å²) in [6.07, 6.45) is 2.95. The van der Waals surface area contributed by atoms with E-state index in [4.69, 9.17) is 11.5 Å². The van der Waals surface area contributed by atoms with Gasteiger partial charge in [-0.1, -0.05) is 6.07 Å². The zero-order chi connectivity index (χ0) is 9.68. The molecule has 0 saturated heterocycles. The molecule has 0 aliphatic carbocycles. The molecule has 0 aromatic carbocycles. The second-order valence-corrected chi connectivity index (χ2v) is 2.87. The molecule has 1 aromatic rings. The highest BCUT2D eigenvalue weighted by molar-refractivity contribution is 5.79. The standard InChI is InChI=1S/C9H13N3O/c10-8(9(11)13)5-4-7-3-1-2-6-12-7/h1-3,6,8H,4-5,10H2,(H2,11,13). The van der Waals surface area contributed by atoms with Crippen LogP contribution in [0.3, 0.4) is 0 Å². The summed E-state index contributed by atoms with van der Waals surface area (Å²) in [7, 11) is 0. The molecule has 1 rings (SSSR count). The summed E-state index contributed by atoms with van der Waals surface area (Å²) in [5.74, 6) is -0.462. The molecular formula is C9H13N3O. The average Bonchev–Trinajstić information content (AvgIpc) is 2.15. The lowest BCUT2D eigenvalue weighted by molar-refractivity contribution is -0.119. The Morgan fingerprint density at radius 2 is 2.31 bits per heavy atom. The quantitative estimate of drug-likeness (QED) is 0.673. The van der Waals surface area contributed by atoms with Gasteiger partial charge in [-0.05, 0) is 25.0 Å². The van der Waals surface area contributed by atoms with E-state index in [1.54, 1.807) is 6.20 Å². The van der Waals surface area contributed by atoms with Crippen molar-refractivity contribution in [3.05, 3.63) is 30.1 Å². The molecule has 0 bridgehead atoms. The van der Waals surface area contributed by atoms with Crippen LogP contribution in [0.4, 0.5) is 0 Å². The highest BCUT2D eigenvalue weighted by atomic mass is 16.1. The van der Waals surface area contributed by atoms with E-state index in [1.165, 1.54) is 0 Å². The monoisotopic (exact) mass is 179 g/mol. The van der Waals surface area contributed by atoms with Gasteiger partial charge in [-0.3, -0.25) is 9.78 Å². The summed E-state index contributed by atoms with van der Waals surface area (Å²) in [6.45, 7) is 0. The van der Waals surface area contributed by atoms with Crippen LogP contribution in [-0.4, -0.2) is 16.9 Å². The second kappa shape index (κ2) is 4.57. The van der Waals surface area contributed by atoms with Gasteiger partial charge in [0.2, 0.25) is 5.91 Å². The van der Waals surface area contributed by atoms with Crippen LogP contribution >= 0.6 is 0 Å². The minimum Gasteiger partial charge on any atom is -0.368 e. The van der Waals surface area contributed by atoms with Crippen molar-refractivity contribution in [1.82, 2.24) is 4.98 Å². The topological polar surface area (TPSA) is 82.0 Å². The van der Waals surface area contributed by atoms with Crippen molar-refractivity contribution in [1.29, 1.82) is 0 Å². The number of pyridine rings is 1. The minimum atomic E-state index is -0.568. The number of rotatable bonds is 4. The van der Waals surface area contributed by atoms with Crippen molar-refractivity contribution < 1.29 is 4.79 Å². The third-order valence-electron chi connectivity index (χ3n) is 1.80. The number of nitrogens with two attached hydrogens (primary N) is 2. The Morgan fingerprint density at radius 1 is 1.54 bits per heavy atom. The van der Waals surface area contributed by atoms with Gasteiger partial charge >= 0.3 is 0 Å². The Labute approximate surface area is 77.0 Å². The number of primary amides is 1. The molecule has 1 unspecified atom stereocenters. The molecule has 4 heteroatoms. The van der Waals surface area contributed by atoms with Crippen molar-refractivity contribution in [3.8, 4) is 0 Å². The van der Waals surface area contributed by atoms with E-state index in [2.05, 4.69) is 4.98 Å². The summed E-state index contributed by atoms with van der Waals surface area (Å²) in [5.41, 5.74) is 11.4. The first kappa shape index (κ1) is 9.67. The molecule has 13 heavy (non-hydrogen) atoms. The molecule has 0 aliphatic rings. The van der Waals surface area contributed by atoms with Crippen LogP contribution in [0.15, 0.2) is 24.4 Å². The van der Waals surface area contributed by atoms with Crippen LogP contribution < -0.4 is 11.5 Å². The lowest BCUT2D eigenvalue weighted by Gasteiger charge is -2.05. The van der Waals surface area contributed by atoms with Crippen LogP contribution in [0.2, 0.25) is 0 Å². The number of carbonyl (C=O) groups is 1. The molecule has 1 atom stereocenters. The smallest absolute Gasteiger partial charge is 0.234 e. The molecule has 0 fully saturated rings. The predicted molar refractivity (Wildman–Crippen MR) is 49.7 cm³/mol. The summed E-state index contributed by atoms with van der Waals surface area (Å²) >= 11 is 0. The maximum Gasteiger partial charge on any atom is 0.234 e.